The highest BCUT2D eigenvalue weighted by molar-refractivity contribution is 5.97. The number of ether oxygens (including phenoxy) is 2. The minimum absolute atomic E-state index is 0.00852. The Morgan fingerprint density at radius 1 is 1.29 bits per heavy atom. The van der Waals surface area contributed by atoms with E-state index in [1.807, 2.05) is 4.90 Å². The summed E-state index contributed by atoms with van der Waals surface area (Å²) in [4.78, 5) is 35.9. The fourth-order valence-corrected chi connectivity index (χ4v) is 4.85. The largest absolute Gasteiger partial charge is 0.396 e. The molecule has 2 saturated heterocycles. The molecule has 3 fully saturated rings. The number of amides is 1. The summed E-state index contributed by atoms with van der Waals surface area (Å²) in [6.45, 7) is 9.52. The quantitative estimate of drug-likeness (QED) is 0.388. The van der Waals surface area contributed by atoms with Crippen molar-refractivity contribution in [1.29, 1.82) is 0 Å². The first-order chi connectivity index (χ1) is 14.7. The molecule has 4 atom stereocenters. The first-order valence-electron chi connectivity index (χ1n) is 11.6. The Morgan fingerprint density at radius 3 is 2.61 bits per heavy atom. The van der Waals surface area contributed by atoms with E-state index in [-0.39, 0.29) is 31.1 Å². The van der Waals surface area contributed by atoms with Gasteiger partial charge in [0.1, 0.15) is 6.23 Å². The van der Waals surface area contributed by atoms with E-state index in [1.165, 1.54) is 5.57 Å². The van der Waals surface area contributed by atoms with Gasteiger partial charge in [-0.1, -0.05) is 31.4 Å². The van der Waals surface area contributed by atoms with Gasteiger partial charge in [0.2, 0.25) is 5.91 Å². The molecule has 2 heterocycles. The molecule has 31 heavy (non-hydrogen) atoms. The van der Waals surface area contributed by atoms with Crippen LogP contribution in [0.1, 0.15) is 79.1 Å². The lowest BCUT2D eigenvalue weighted by Crippen LogP contribution is -2.39. The van der Waals surface area contributed by atoms with Crippen molar-refractivity contribution in [1.82, 2.24) is 4.90 Å². The van der Waals surface area contributed by atoms with E-state index in [4.69, 9.17) is 4.74 Å². The van der Waals surface area contributed by atoms with Crippen LogP contribution in [0.3, 0.4) is 0 Å². The van der Waals surface area contributed by atoms with Crippen molar-refractivity contribution in [3.05, 3.63) is 11.6 Å². The SMILES string of the molecule is CC(=O)N1CCOC1CC(C)CCC=C(C)C.O=C1CC2(CCCCC2CO)C(=O)O1. The molecule has 2 aliphatic heterocycles. The van der Waals surface area contributed by atoms with Gasteiger partial charge in [-0.2, -0.15) is 0 Å². The molecule has 3 aliphatic rings. The smallest absolute Gasteiger partial charge is 0.320 e. The van der Waals surface area contributed by atoms with Gasteiger partial charge < -0.3 is 19.5 Å². The van der Waals surface area contributed by atoms with Crippen LogP contribution < -0.4 is 0 Å². The van der Waals surface area contributed by atoms with Crippen molar-refractivity contribution in [2.24, 2.45) is 17.3 Å². The number of carbonyl (C=O) groups excluding carboxylic acids is 3. The highest BCUT2D eigenvalue weighted by Gasteiger charge is 2.54. The second-order valence-corrected chi connectivity index (χ2v) is 9.46. The Hall–Kier alpha value is -1.73. The van der Waals surface area contributed by atoms with E-state index in [0.717, 1.165) is 45.1 Å². The van der Waals surface area contributed by atoms with Crippen LogP contribution in [0.5, 0.6) is 0 Å². The van der Waals surface area contributed by atoms with Crippen molar-refractivity contribution in [3.8, 4) is 0 Å². The lowest BCUT2D eigenvalue weighted by Gasteiger charge is -2.35. The molecule has 1 aliphatic carbocycles. The summed E-state index contributed by atoms with van der Waals surface area (Å²) in [5, 5.41) is 9.20. The lowest BCUT2D eigenvalue weighted by molar-refractivity contribution is -0.158. The lowest BCUT2D eigenvalue weighted by atomic mass is 9.65. The third-order valence-electron chi connectivity index (χ3n) is 6.71. The summed E-state index contributed by atoms with van der Waals surface area (Å²) < 4.78 is 10.2. The summed E-state index contributed by atoms with van der Waals surface area (Å²) in [5.74, 6) is -0.216. The van der Waals surface area contributed by atoms with Gasteiger partial charge in [0, 0.05) is 20.1 Å². The van der Waals surface area contributed by atoms with Gasteiger partial charge in [0.25, 0.3) is 0 Å². The molecule has 7 nitrogen and oxygen atoms in total. The van der Waals surface area contributed by atoms with Gasteiger partial charge in [-0.05, 0) is 57.8 Å². The van der Waals surface area contributed by atoms with Crippen molar-refractivity contribution in [2.45, 2.75) is 85.3 Å². The number of rotatable bonds is 6. The van der Waals surface area contributed by atoms with Gasteiger partial charge >= 0.3 is 11.9 Å². The van der Waals surface area contributed by atoms with E-state index in [2.05, 4.69) is 31.6 Å². The van der Waals surface area contributed by atoms with Crippen molar-refractivity contribution >= 4 is 17.8 Å². The minimum atomic E-state index is -0.690. The van der Waals surface area contributed by atoms with Crippen LogP contribution in [0, 0.1) is 17.3 Å². The zero-order valence-electron chi connectivity index (χ0n) is 19.5. The normalized spacial score (nSPS) is 28.7. The number of allylic oxidation sites excluding steroid dienone is 2. The van der Waals surface area contributed by atoms with Crippen LogP contribution in [0.2, 0.25) is 0 Å². The summed E-state index contributed by atoms with van der Waals surface area (Å²) in [7, 11) is 0. The predicted octanol–water partition coefficient (Wildman–Crippen LogP) is 3.59. The average Bonchev–Trinajstić information content (AvgIpc) is 3.27. The molecule has 1 saturated carbocycles. The zero-order chi connectivity index (χ0) is 23.0. The van der Waals surface area contributed by atoms with Crippen molar-refractivity contribution < 1.29 is 29.0 Å². The third-order valence-corrected chi connectivity index (χ3v) is 6.71. The van der Waals surface area contributed by atoms with Gasteiger partial charge in [-0.3, -0.25) is 14.4 Å². The van der Waals surface area contributed by atoms with Gasteiger partial charge in [0.05, 0.1) is 18.4 Å². The highest BCUT2D eigenvalue weighted by Crippen LogP contribution is 2.48. The number of carbonyl (C=O) groups is 3. The summed E-state index contributed by atoms with van der Waals surface area (Å²) in [6, 6.07) is 0. The van der Waals surface area contributed by atoms with E-state index in [1.54, 1.807) is 6.92 Å². The third kappa shape index (κ3) is 6.88. The first kappa shape index (κ1) is 25.5. The monoisotopic (exact) mass is 437 g/mol. The maximum absolute atomic E-state index is 11.6. The molecular weight excluding hydrogens is 398 g/mol. The topological polar surface area (TPSA) is 93.1 Å². The van der Waals surface area contributed by atoms with Crippen LogP contribution in [-0.2, 0) is 23.9 Å². The molecule has 1 N–H and O–H groups in total. The highest BCUT2D eigenvalue weighted by atomic mass is 16.6. The van der Waals surface area contributed by atoms with Crippen LogP contribution >= 0.6 is 0 Å². The Balaban J connectivity index is 0.000000224. The number of hydrogen-bond donors (Lipinski definition) is 1. The van der Waals surface area contributed by atoms with Crippen LogP contribution in [-0.4, -0.2) is 53.8 Å². The summed E-state index contributed by atoms with van der Waals surface area (Å²) in [5.41, 5.74) is 0.684. The van der Waals surface area contributed by atoms with Crippen LogP contribution in [0.25, 0.3) is 0 Å². The van der Waals surface area contributed by atoms with Crippen molar-refractivity contribution in [3.63, 3.8) is 0 Å². The molecule has 0 aromatic heterocycles. The molecule has 0 aromatic carbocycles. The fraction of sp³-hybridized carbons (Fsp3) is 0.792. The predicted molar refractivity (Wildman–Crippen MR) is 117 cm³/mol. The van der Waals surface area contributed by atoms with Crippen LogP contribution in [0.4, 0.5) is 0 Å². The number of cyclic esters (lactones) is 2. The number of nitrogens with zero attached hydrogens (tertiary/aromatic N) is 1. The first-order valence-corrected chi connectivity index (χ1v) is 11.6. The summed E-state index contributed by atoms with van der Waals surface area (Å²) >= 11 is 0. The molecule has 0 aromatic rings. The molecule has 0 bridgehead atoms. The van der Waals surface area contributed by atoms with E-state index < -0.39 is 17.4 Å². The fourth-order valence-electron chi connectivity index (χ4n) is 4.85. The Labute approximate surface area is 186 Å². The molecule has 1 spiro atoms. The van der Waals surface area contributed by atoms with Gasteiger partial charge in [0.15, 0.2) is 0 Å². The zero-order valence-corrected chi connectivity index (χ0v) is 19.5. The van der Waals surface area contributed by atoms with Gasteiger partial charge in [-0.25, -0.2) is 0 Å². The Bertz CT molecular complexity index is 671. The maximum Gasteiger partial charge on any atom is 0.320 e. The Morgan fingerprint density at radius 2 is 2.03 bits per heavy atom. The molecule has 176 valence electrons. The molecule has 0 radical (unpaired) electrons. The maximum atomic E-state index is 11.6. The van der Waals surface area contributed by atoms with Gasteiger partial charge in [-0.15, -0.1) is 0 Å². The number of aliphatic hydroxyl groups excluding tert-OH is 1. The number of hydrogen-bond acceptors (Lipinski definition) is 6. The standard InChI is InChI=1S/C14H25NO2.C10H14O4/c1-11(2)6-5-7-12(3)10-14-15(13(4)16)8-9-17-14;11-6-7-3-1-2-4-10(7)5-8(12)14-9(10)13/h6,12,14H,5,7-10H2,1-4H3;7,11H,1-6H2. The minimum Gasteiger partial charge on any atom is -0.396 e. The number of aliphatic hydroxyl groups is 1. The molecule has 7 heteroatoms. The van der Waals surface area contributed by atoms with E-state index in [0.29, 0.717) is 18.9 Å². The second kappa shape index (κ2) is 11.8. The molecule has 1 amide bonds. The molecule has 4 unspecified atom stereocenters. The number of esters is 2. The van der Waals surface area contributed by atoms with Crippen LogP contribution in [0.15, 0.2) is 11.6 Å². The molecule has 3 rings (SSSR count). The Kier molecular flexibility index (Phi) is 9.69. The summed E-state index contributed by atoms with van der Waals surface area (Å²) in [6.07, 6.45) is 9.15. The van der Waals surface area contributed by atoms with E-state index >= 15 is 0 Å². The van der Waals surface area contributed by atoms with Crippen molar-refractivity contribution in [2.75, 3.05) is 19.8 Å². The second-order valence-electron chi connectivity index (χ2n) is 9.46. The van der Waals surface area contributed by atoms with E-state index in [9.17, 15) is 19.5 Å². The molecular formula is C24H39NO6. The average molecular weight is 438 g/mol.